The minimum absolute atomic E-state index is 0.00477. The van der Waals surface area contributed by atoms with E-state index in [0.717, 1.165) is 31.6 Å². The third-order valence-electron chi connectivity index (χ3n) is 3.75. The Hall–Kier alpha value is -1.91. The highest BCUT2D eigenvalue weighted by Gasteiger charge is 2.25. The average Bonchev–Trinajstić information content (AvgIpc) is 2.53. The zero-order valence-corrected chi connectivity index (χ0v) is 12.0. The molecule has 0 atom stereocenters. The molecule has 20 heavy (non-hydrogen) atoms. The van der Waals surface area contributed by atoms with Gasteiger partial charge in [-0.3, -0.25) is 14.6 Å². The number of ether oxygens (including phenoxy) is 1. The van der Waals surface area contributed by atoms with Gasteiger partial charge in [-0.15, -0.1) is 0 Å². The van der Waals surface area contributed by atoms with Gasteiger partial charge in [-0.2, -0.15) is 0 Å². The van der Waals surface area contributed by atoms with Crippen LogP contribution in [0.2, 0.25) is 0 Å². The molecule has 5 heteroatoms. The summed E-state index contributed by atoms with van der Waals surface area (Å²) in [5, 5.41) is 0. The predicted octanol–water partition coefficient (Wildman–Crippen LogP) is 2.06. The first-order chi connectivity index (χ1) is 9.65. The Morgan fingerprint density at radius 1 is 1.35 bits per heavy atom. The molecule has 1 aliphatic heterocycles. The standard InChI is InChI=1S/C15H20N2O3/c1-3-14(18)13-5-4-12(10-16-13)17-8-6-11(7-9-17)15(19)20-2/h4-5,10-11H,3,6-9H2,1-2H3. The number of aromatic nitrogens is 1. The molecule has 0 aliphatic carbocycles. The van der Waals surface area contributed by atoms with Gasteiger partial charge >= 0.3 is 5.97 Å². The molecule has 108 valence electrons. The zero-order chi connectivity index (χ0) is 14.5. The van der Waals surface area contributed by atoms with Crippen molar-refractivity contribution >= 4 is 17.4 Å². The molecule has 1 aromatic heterocycles. The topological polar surface area (TPSA) is 59.5 Å². The minimum Gasteiger partial charge on any atom is -0.469 e. The van der Waals surface area contributed by atoms with Crippen molar-refractivity contribution in [2.45, 2.75) is 26.2 Å². The van der Waals surface area contributed by atoms with E-state index in [1.165, 1.54) is 7.11 Å². The van der Waals surface area contributed by atoms with E-state index in [1.807, 2.05) is 13.0 Å². The number of carbonyl (C=O) groups excluding carboxylic acids is 2. The number of nitrogens with zero attached hydrogens (tertiary/aromatic N) is 2. The Labute approximate surface area is 118 Å². The normalized spacial score (nSPS) is 16.0. The van der Waals surface area contributed by atoms with Crippen LogP contribution in [0.4, 0.5) is 5.69 Å². The Bertz CT molecular complexity index is 476. The second-order valence-electron chi connectivity index (χ2n) is 4.96. The van der Waals surface area contributed by atoms with E-state index in [2.05, 4.69) is 9.88 Å². The van der Waals surface area contributed by atoms with E-state index in [-0.39, 0.29) is 17.7 Å². The fourth-order valence-corrected chi connectivity index (χ4v) is 2.46. The fourth-order valence-electron chi connectivity index (χ4n) is 2.46. The quantitative estimate of drug-likeness (QED) is 0.622. The number of carbonyl (C=O) groups is 2. The van der Waals surface area contributed by atoms with Crippen molar-refractivity contribution in [1.29, 1.82) is 0 Å². The van der Waals surface area contributed by atoms with Gasteiger partial charge in [0.2, 0.25) is 0 Å². The van der Waals surface area contributed by atoms with Crippen LogP contribution in [-0.4, -0.2) is 36.9 Å². The van der Waals surface area contributed by atoms with Crippen LogP contribution >= 0.6 is 0 Å². The van der Waals surface area contributed by atoms with Crippen molar-refractivity contribution in [3.05, 3.63) is 24.0 Å². The Balaban J connectivity index is 1.97. The average molecular weight is 276 g/mol. The molecule has 0 unspecified atom stereocenters. The summed E-state index contributed by atoms with van der Waals surface area (Å²) >= 11 is 0. The van der Waals surface area contributed by atoms with E-state index in [1.54, 1.807) is 12.3 Å². The molecule has 0 bridgehead atoms. The molecule has 0 spiro atoms. The first-order valence-electron chi connectivity index (χ1n) is 6.97. The molecule has 1 saturated heterocycles. The first kappa shape index (κ1) is 14.5. The largest absolute Gasteiger partial charge is 0.469 e. The second kappa shape index (κ2) is 6.50. The molecule has 0 saturated carbocycles. The molecular weight excluding hydrogens is 256 g/mol. The Kier molecular flexibility index (Phi) is 4.71. The predicted molar refractivity (Wildman–Crippen MR) is 75.8 cm³/mol. The lowest BCUT2D eigenvalue weighted by atomic mass is 9.97. The van der Waals surface area contributed by atoms with Gasteiger partial charge in [0, 0.05) is 19.5 Å². The summed E-state index contributed by atoms with van der Waals surface area (Å²) in [5.41, 5.74) is 1.52. The zero-order valence-electron chi connectivity index (χ0n) is 12.0. The highest BCUT2D eigenvalue weighted by Crippen LogP contribution is 2.23. The maximum absolute atomic E-state index is 11.5. The van der Waals surface area contributed by atoms with E-state index >= 15 is 0 Å². The number of piperidine rings is 1. The summed E-state index contributed by atoms with van der Waals surface area (Å²) in [6.45, 7) is 3.44. The number of rotatable bonds is 4. The maximum Gasteiger partial charge on any atom is 0.308 e. The molecule has 0 amide bonds. The number of esters is 1. The molecule has 5 nitrogen and oxygen atoms in total. The van der Waals surface area contributed by atoms with Crippen molar-refractivity contribution in [1.82, 2.24) is 4.98 Å². The van der Waals surface area contributed by atoms with Crippen molar-refractivity contribution < 1.29 is 14.3 Å². The lowest BCUT2D eigenvalue weighted by Crippen LogP contribution is -2.36. The fraction of sp³-hybridized carbons (Fsp3) is 0.533. The lowest BCUT2D eigenvalue weighted by Gasteiger charge is -2.32. The van der Waals surface area contributed by atoms with Gasteiger partial charge < -0.3 is 9.64 Å². The number of anilines is 1. The molecular formula is C15H20N2O3. The second-order valence-corrected chi connectivity index (χ2v) is 4.96. The van der Waals surface area contributed by atoms with Crippen molar-refractivity contribution in [3.8, 4) is 0 Å². The third kappa shape index (κ3) is 3.15. The van der Waals surface area contributed by atoms with Gasteiger partial charge in [-0.05, 0) is 25.0 Å². The lowest BCUT2D eigenvalue weighted by molar-refractivity contribution is -0.146. The van der Waals surface area contributed by atoms with Crippen molar-refractivity contribution in [3.63, 3.8) is 0 Å². The molecule has 0 aromatic carbocycles. The number of Topliss-reactive ketones (excluding diaryl/α,β-unsaturated/α-hetero) is 1. The van der Waals surface area contributed by atoms with Crippen LogP contribution in [0.15, 0.2) is 18.3 Å². The van der Waals surface area contributed by atoms with Gasteiger partial charge in [-0.1, -0.05) is 6.92 Å². The number of methoxy groups -OCH3 is 1. The number of hydrogen-bond acceptors (Lipinski definition) is 5. The molecule has 2 rings (SSSR count). The van der Waals surface area contributed by atoms with Crippen molar-refractivity contribution in [2.24, 2.45) is 5.92 Å². The summed E-state index contributed by atoms with van der Waals surface area (Å²) in [4.78, 5) is 29.4. The van der Waals surface area contributed by atoms with E-state index < -0.39 is 0 Å². The van der Waals surface area contributed by atoms with Crippen LogP contribution in [0.25, 0.3) is 0 Å². The number of ketones is 1. The number of pyridine rings is 1. The highest BCUT2D eigenvalue weighted by atomic mass is 16.5. The van der Waals surface area contributed by atoms with Crippen LogP contribution in [0, 0.1) is 5.92 Å². The van der Waals surface area contributed by atoms with Crippen LogP contribution in [-0.2, 0) is 9.53 Å². The summed E-state index contributed by atoms with van der Waals surface area (Å²) in [7, 11) is 1.43. The molecule has 1 aliphatic rings. The van der Waals surface area contributed by atoms with E-state index in [0.29, 0.717) is 12.1 Å². The van der Waals surface area contributed by atoms with E-state index in [9.17, 15) is 9.59 Å². The Morgan fingerprint density at radius 3 is 2.55 bits per heavy atom. The highest BCUT2D eigenvalue weighted by molar-refractivity contribution is 5.94. The molecule has 0 radical (unpaired) electrons. The molecule has 1 aromatic rings. The summed E-state index contributed by atoms with van der Waals surface area (Å²) < 4.78 is 4.78. The summed E-state index contributed by atoms with van der Waals surface area (Å²) in [5.74, 6) is -0.0576. The SMILES string of the molecule is CCC(=O)c1ccc(N2CCC(C(=O)OC)CC2)cn1. The van der Waals surface area contributed by atoms with Gasteiger partial charge in [0.25, 0.3) is 0 Å². The molecule has 1 fully saturated rings. The molecule has 0 N–H and O–H groups in total. The minimum atomic E-state index is -0.119. The van der Waals surface area contributed by atoms with Crippen molar-refractivity contribution in [2.75, 3.05) is 25.1 Å². The van der Waals surface area contributed by atoms with Gasteiger partial charge in [0.05, 0.1) is 24.9 Å². The van der Waals surface area contributed by atoms with Crippen LogP contribution in [0.1, 0.15) is 36.7 Å². The third-order valence-corrected chi connectivity index (χ3v) is 3.75. The summed E-state index contributed by atoms with van der Waals surface area (Å²) in [6.07, 6.45) is 3.79. The van der Waals surface area contributed by atoms with E-state index in [4.69, 9.17) is 4.74 Å². The van der Waals surface area contributed by atoms with Gasteiger partial charge in [-0.25, -0.2) is 0 Å². The smallest absolute Gasteiger partial charge is 0.308 e. The van der Waals surface area contributed by atoms with Crippen LogP contribution in [0.5, 0.6) is 0 Å². The van der Waals surface area contributed by atoms with Gasteiger partial charge in [0.1, 0.15) is 5.69 Å². The summed E-state index contributed by atoms with van der Waals surface area (Å²) in [6, 6.07) is 3.70. The molecule has 2 heterocycles. The first-order valence-corrected chi connectivity index (χ1v) is 6.97. The van der Waals surface area contributed by atoms with Crippen LogP contribution < -0.4 is 4.90 Å². The maximum atomic E-state index is 11.5. The number of hydrogen-bond donors (Lipinski definition) is 0. The monoisotopic (exact) mass is 276 g/mol. The van der Waals surface area contributed by atoms with Gasteiger partial charge in [0.15, 0.2) is 5.78 Å². The van der Waals surface area contributed by atoms with Crippen LogP contribution in [0.3, 0.4) is 0 Å². The Morgan fingerprint density at radius 2 is 2.05 bits per heavy atom.